The van der Waals surface area contributed by atoms with Crippen LogP contribution in [0.2, 0.25) is 0 Å². The fraction of sp³-hybridized carbons (Fsp3) is 0.700. The fourth-order valence-corrected chi connectivity index (χ4v) is 1.48. The summed E-state index contributed by atoms with van der Waals surface area (Å²) in [6.07, 6.45) is 6.06. The lowest BCUT2D eigenvalue weighted by Crippen LogP contribution is -2.13. The van der Waals surface area contributed by atoms with E-state index in [2.05, 4.69) is 23.4 Å². The maximum atomic E-state index is 5.11. The quantitative estimate of drug-likeness (QED) is 0.696. The lowest BCUT2D eigenvalue weighted by molar-refractivity contribution is 0.161. The monoisotopic (exact) mass is 182 g/mol. The first-order chi connectivity index (χ1) is 6.29. The van der Waals surface area contributed by atoms with Gasteiger partial charge in [0.25, 0.3) is 0 Å². The zero-order valence-electron chi connectivity index (χ0n) is 8.66. The molecule has 0 saturated heterocycles. The van der Waals surface area contributed by atoms with Gasteiger partial charge >= 0.3 is 0 Å². The number of rotatable bonds is 5. The molecule has 1 atom stereocenters. The molecule has 0 aliphatic rings. The number of aryl methyl sites for hydroxylation is 1. The number of hydrogen-bond donors (Lipinski definition) is 0. The maximum Gasteiger partial charge on any atom is 0.108 e. The van der Waals surface area contributed by atoms with Crippen molar-refractivity contribution in [3.63, 3.8) is 0 Å². The summed E-state index contributed by atoms with van der Waals surface area (Å²) in [6, 6.07) is 0.383. The van der Waals surface area contributed by atoms with E-state index in [1.165, 1.54) is 0 Å². The number of imidazole rings is 1. The van der Waals surface area contributed by atoms with Crippen LogP contribution in [0.15, 0.2) is 12.4 Å². The molecule has 0 spiro atoms. The average molecular weight is 182 g/mol. The van der Waals surface area contributed by atoms with Crippen molar-refractivity contribution >= 4 is 0 Å². The van der Waals surface area contributed by atoms with E-state index in [9.17, 15) is 0 Å². The third-order valence-electron chi connectivity index (χ3n) is 2.11. The van der Waals surface area contributed by atoms with Gasteiger partial charge < -0.3 is 9.30 Å². The van der Waals surface area contributed by atoms with E-state index in [0.29, 0.717) is 6.04 Å². The summed E-state index contributed by atoms with van der Waals surface area (Å²) < 4.78 is 7.30. The Morgan fingerprint density at radius 1 is 1.62 bits per heavy atom. The molecule has 0 fully saturated rings. The molecule has 3 heteroatoms. The van der Waals surface area contributed by atoms with E-state index in [0.717, 1.165) is 25.3 Å². The van der Waals surface area contributed by atoms with Crippen molar-refractivity contribution < 1.29 is 4.74 Å². The standard InChI is InChI=1S/C10H18N2O/c1-4-5-10-11-6-7-12(10)9(2)8-13-3/h6-7,9H,4-5,8H2,1-3H3. The first-order valence-electron chi connectivity index (χ1n) is 4.80. The van der Waals surface area contributed by atoms with Crippen LogP contribution in [0.5, 0.6) is 0 Å². The first-order valence-corrected chi connectivity index (χ1v) is 4.80. The molecule has 0 aromatic carbocycles. The van der Waals surface area contributed by atoms with Gasteiger partial charge in [0.2, 0.25) is 0 Å². The summed E-state index contributed by atoms with van der Waals surface area (Å²) in [7, 11) is 1.73. The highest BCUT2D eigenvalue weighted by Gasteiger charge is 2.08. The van der Waals surface area contributed by atoms with Crippen molar-refractivity contribution in [1.82, 2.24) is 9.55 Å². The Morgan fingerprint density at radius 2 is 2.38 bits per heavy atom. The average Bonchev–Trinajstić information content (AvgIpc) is 2.54. The SMILES string of the molecule is CCCc1nccn1C(C)COC. The van der Waals surface area contributed by atoms with E-state index in [-0.39, 0.29) is 0 Å². The van der Waals surface area contributed by atoms with Crippen molar-refractivity contribution in [2.75, 3.05) is 13.7 Å². The van der Waals surface area contributed by atoms with Gasteiger partial charge in [-0.3, -0.25) is 0 Å². The van der Waals surface area contributed by atoms with Crippen LogP contribution in [0.3, 0.4) is 0 Å². The van der Waals surface area contributed by atoms with Crippen LogP contribution in [0.25, 0.3) is 0 Å². The minimum atomic E-state index is 0.383. The van der Waals surface area contributed by atoms with Gasteiger partial charge in [0.1, 0.15) is 5.82 Å². The summed E-state index contributed by atoms with van der Waals surface area (Å²) in [4.78, 5) is 4.32. The number of ether oxygens (including phenoxy) is 1. The van der Waals surface area contributed by atoms with Gasteiger partial charge in [-0.25, -0.2) is 4.98 Å². The van der Waals surface area contributed by atoms with Crippen molar-refractivity contribution in [2.24, 2.45) is 0 Å². The van der Waals surface area contributed by atoms with E-state index in [1.54, 1.807) is 7.11 Å². The second kappa shape index (κ2) is 5.02. The summed E-state index contributed by atoms with van der Waals surface area (Å²) in [5, 5.41) is 0. The Kier molecular flexibility index (Phi) is 3.96. The molecule has 1 aromatic rings. The van der Waals surface area contributed by atoms with Gasteiger partial charge in [-0.2, -0.15) is 0 Å². The van der Waals surface area contributed by atoms with E-state index < -0.39 is 0 Å². The smallest absolute Gasteiger partial charge is 0.108 e. The number of aromatic nitrogens is 2. The number of methoxy groups -OCH3 is 1. The molecule has 0 radical (unpaired) electrons. The molecule has 0 aliphatic heterocycles. The molecule has 1 aromatic heterocycles. The summed E-state index contributed by atoms with van der Waals surface area (Å²) in [5.41, 5.74) is 0. The van der Waals surface area contributed by atoms with E-state index in [1.807, 2.05) is 12.4 Å². The molecule has 3 nitrogen and oxygen atoms in total. The van der Waals surface area contributed by atoms with Gasteiger partial charge in [0, 0.05) is 25.9 Å². The Balaban J connectivity index is 2.68. The van der Waals surface area contributed by atoms with Crippen LogP contribution < -0.4 is 0 Å². The molecule has 0 bridgehead atoms. The Labute approximate surface area is 79.7 Å². The lowest BCUT2D eigenvalue weighted by atomic mass is 10.3. The highest BCUT2D eigenvalue weighted by molar-refractivity contribution is 4.94. The summed E-state index contributed by atoms with van der Waals surface area (Å²) in [5.74, 6) is 1.16. The molecule has 0 amide bonds. The predicted octanol–water partition coefficient (Wildman–Crippen LogP) is 2.04. The van der Waals surface area contributed by atoms with Gasteiger partial charge in [-0.05, 0) is 13.3 Å². The number of hydrogen-bond acceptors (Lipinski definition) is 2. The summed E-state index contributed by atoms with van der Waals surface area (Å²) >= 11 is 0. The largest absolute Gasteiger partial charge is 0.383 e. The van der Waals surface area contributed by atoms with Crippen LogP contribution in [-0.2, 0) is 11.2 Å². The van der Waals surface area contributed by atoms with Crippen LogP contribution in [-0.4, -0.2) is 23.3 Å². The molecular weight excluding hydrogens is 164 g/mol. The predicted molar refractivity (Wildman–Crippen MR) is 52.8 cm³/mol. The van der Waals surface area contributed by atoms with E-state index in [4.69, 9.17) is 4.74 Å². The Morgan fingerprint density at radius 3 is 3.00 bits per heavy atom. The highest BCUT2D eigenvalue weighted by atomic mass is 16.5. The zero-order valence-corrected chi connectivity index (χ0v) is 8.66. The first kappa shape index (κ1) is 10.3. The minimum Gasteiger partial charge on any atom is -0.383 e. The highest BCUT2D eigenvalue weighted by Crippen LogP contribution is 2.10. The molecule has 0 saturated carbocycles. The van der Waals surface area contributed by atoms with Crippen LogP contribution in [0.1, 0.15) is 32.1 Å². The fourth-order valence-electron chi connectivity index (χ4n) is 1.48. The van der Waals surface area contributed by atoms with Crippen molar-refractivity contribution in [1.29, 1.82) is 0 Å². The molecule has 13 heavy (non-hydrogen) atoms. The van der Waals surface area contributed by atoms with Crippen molar-refractivity contribution in [3.05, 3.63) is 18.2 Å². The van der Waals surface area contributed by atoms with E-state index >= 15 is 0 Å². The maximum absolute atomic E-state index is 5.11. The minimum absolute atomic E-state index is 0.383. The Hall–Kier alpha value is -0.830. The third kappa shape index (κ3) is 2.56. The second-order valence-corrected chi connectivity index (χ2v) is 3.31. The van der Waals surface area contributed by atoms with Gasteiger partial charge in [-0.15, -0.1) is 0 Å². The zero-order chi connectivity index (χ0) is 9.68. The van der Waals surface area contributed by atoms with Gasteiger partial charge in [0.15, 0.2) is 0 Å². The van der Waals surface area contributed by atoms with Gasteiger partial charge in [-0.1, -0.05) is 6.92 Å². The number of nitrogens with zero attached hydrogens (tertiary/aromatic N) is 2. The topological polar surface area (TPSA) is 27.1 Å². The van der Waals surface area contributed by atoms with Crippen LogP contribution in [0.4, 0.5) is 0 Å². The normalized spacial score (nSPS) is 13.2. The molecule has 74 valence electrons. The third-order valence-corrected chi connectivity index (χ3v) is 2.11. The van der Waals surface area contributed by atoms with Crippen LogP contribution >= 0.6 is 0 Å². The molecule has 1 unspecified atom stereocenters. The molecule has 0 aliphatic carbocycles. The van der Waals surface area contributed by atoms with Gasteiger partial charge in [0.05, 0.1) is 12.6 Å². The molecule has 0 N–H and O–H groups in total. The second-order valence-electron chi connectivity index (χ2n) is 3.31. The molecule has 1 rings (SSSR count). The molecular formula is C10H18N2O. The molecule has 1 heterocycles. The van der Waals surface area contributed by atoms with Crippen molar-refractivity contribution in [3.8, 4) is 0 Å². The lowest BCUT2D eigenvalue weighted by Gasteiger charge is -2.14. The van der Waals surface area contributed by atoms with Crippen LogP contribution in [0, 0.1) is 0 Å². The summed E-state index contributed by atoms with van der Waals surface area (Å²) in [6.45, 7) is 5.05. The Bertz CT molecular complexity index is 245. The van der Waals surface area contributed by atoms with Crippen molar-refractivity contribution in [2.45, 2.75) is 32.7 Å².